The van der Waals surface area contributed by atoms with Gasteiger partial charge in [0, 0.05) is 17.4 Å². The minimum Gasteiger partial charge on any atom is -0.465 e. The number of furan rings is 1. The highest BCUT2D eigenvalue weighted by Crippen LogP contribution is 2.37. The smallest absolute Gasteiger partial charge is 0.251 e. The maximum atomic E-state index is 12.3. The van der Waals surface area contributed by atoms with Gasteiger partial charge in [0.25, 0.3) is 5.91 Å². The van der Waals surface area contributed by atoms with E-state index in [1.54, 1.807) is 18.2 Å². The number of carbonyl (C=O) groups excluding carboxylic acids is 2. The van der Waals surface area contributed by atoms with Crippen LogP contribution in [0.25, 0.3) is 6.08 Å². The van der Waals surface area contributed by atoms with Gasteiger partial charge in [0.1, 0.15) is 10.8 Å². The summed E-state index contributed by atoms with van der Waals surface area (Å²) in [4.78, 5) is 25.2. The molecule has 2 aromatic heterocycles. The molecule has 3 N–H and O–H groups in total. The zero-order chi connectivity index (χ0) is 20.4. The van der Waals surface area contributed by atoms with Gasteiger partial charge in [0.2, 0.25) is 12.7 Å². The van der Waals surface area contributed by atoms with Gasteiger partial charge in [-0.2, -0.15) is 0 Å². The highest BCUT2D eigenvalue weighted by Gasteiger charge is 2.21. The van der Waals surface area contributed by atoms with Crippen LogP contribution >= 0.6 is 11.3 Å². The Hall–Kier alpha value is -3.52. The Morgan fingerprint density at radius 2 is 2.07 bits per heavy atom. The minimum absolute atomic E-state index is 0.213. The van der Waals surface area contributed by atoms with E-state index >= 15 is 0 Å². The summed E-state index contributed by atoms with van der Waals surface area (Å²) in [5.41, 5.74) is 7.65. The van der Waals surface area contributed by atoms with Crippen molar-refractivity contribution in [2.24, 2.45) is 5.73 Å². The summed E-state index contributed by atoms with van der Waals surface area (Å²) in [7, 11) is 0. The maximum Gasteiger partial charge on any atom is 0.251 e. The molecule has 1 aromatic carbocycles. The van der Waals surface area contributed by atoms with Gasteiger partial charge in [-0.3, -0.25) is 9.59 Å². The van der Waals surface area contributed by atoms with Crippen LogP contribution in [-0.2, 0) is 11.2 Å². The van der Waals surface area contributed by atoms with Gasteiger partial charge in [0.05, 0.1) is 11.8 Å². The summed E-state index contributed by atoms with van der Waals surface area (Å²) in [6.45, 7) is 2.04. The van der Waals surface area contributed by atoms with Gasteiger partial charge in [-0.1, -0.05) is 6.07 Å². The maximum absolute atomic E-state index is 12.3. The van der Waals surface area contributed by atoms with Crippen LogP contribution in [0.5, 0.6) is 11.5 Å². The zero-order valence-electron chi connectivity index (χ0n) is 15.6. The second kappa shape index (κ2) is 7.84. The Bertz CT molecular complexity index is 1100. The topological polar surface area (TPSA) is 104 Å². The molecule has 0 spiro atoms. The number of nitrogens with two attached hydrogens (primary N) is 1. The van der Waals surface area contributed by atoms with E-state index in [0.717, 1.165) is 16.0 Å². The molecule has 1 aliphatic rings. The molecule has 3 aromatic rings. The number of nitrogens with one attached hydrogen (secondary N) is 1. The molecule has 29 heavy (non-hydrogen) atoms. The number of hydrogen-bond donors (Lipinski definition) is 2. The predicted molar refractivity (Wildman–Crippen MR) is 109 cm³/mol. The monoisotopic (exact) mass is 410 g/mol. The molecule has 148 valence electrons. The molecule has 8 heteroatoms. The largest absolute Gasteiger partial charge is 0.465 e. The molecule has 0 saturated carbocycles. The zero-order valence-corrected chi connectivity index (χ0v) is 16.4. The summed E-state index contributed by atoms with van der Waals surface area (Å²) in [5.74, 6) is 1.01. The van der Waals surface area contributed by atoms with Gasteiger partial charge in [0.15, 0.2) is 11.5 Å². The Labute approximate surface area is 170 Å². The lowest BCUT2D eigenvalue weighted by Crippen LogP contribution is -2.16. The minimum atomic E-state index is -0.582. The second-order valence-corrected chi connectivity index (χ2v) is 7.53. The molecular formula is C21H18N2O5S. The normalized spacial score (nSPS) is 12.4. The van der Waals surface area contributed by atoms with Crippen LogP contribution in [0.2, 0.25) is 0 Å². The molecule has 4 rings (SSSR count). The molecule has 0 bridgehead atoms. The summed E-state index contributed by atoms with van der Waals surface area (Å²) < 4.78 is 15.9. The fourth-order valence-corrected chi connectivity index (χ4v) is 4.30. The van der Waals surface area contributed by atoms with E-state index in [-0.39, 0.29) is 12.7 Å². The van der Waals surface area contributed by atoms with Gasteiger partial charge < -0.3 is 24.9 Å². The Morgan fingerprint density at radius 1 is 1.24 bits per heavy atom. The van der Waals surface area contributed by atoms with Crippen molar-refractivity contribution in [3.8, 4) is 11.5 Å². The van der Waals surface area contributed by atoms with Crippen molar-refractivity contribution < 1.29 is 23.5 Å². The lowest BCUT2D eigenvalue weighted by atomic mass is 10.1. The molecule has 0 unspecified atom stereocenters. The molecule has 0 radical (unpaired) electrons. The number of benzene rings is 1. The number of thiophene rings is 1. The van der Waals surface area contributed by atoms with Crippen molar-refractivity contribution in [3.05, 3.63) is 70.0 Å². The Balaban J connectivity index is 1.56. The van der Waals surface area contributed by atoms with E-state index < -0.39 is 5.91 Å². The van der Waals surface area contributed by atoms with Gasteiger partial charge in [-0.25, -0.2) is 0 Å². The summed E-state index contributed by atoms with van der Waals surface area (Å²) in [6.07, 6.45) is 4.99. The number of primary amides is 1. The quantitative estimate of drug-likeness (QED) is 0.603. The highest BCUT2D eigenvalue weighted by molar-refractivity contribution is 7.17. The number of hydrogen-bond acceptors (Lipinski definition) is 6. The average molecular weight is 410 g/mol. The first-order chi connectivity index (χ1) is 14.0. The molecule has 0 saturated heterocycles. The lowest BCUT2D eigenvalue weighted by Gasteiger charge is -2.03. The third-order valence-electron chi connectivity index (χ3n) is 4.47. The van der Waals surface area contributed by atoms with Gasteiger partial charge in [-0.15, -0.1) is 11.3 Å². The van der Waals surface area contributed by atoms with Crippen LogP contribution < -0.4 is 20.5 Å². The molecule has 1 aliphatic heterocycles. The number of carbonyl (C=O) groups is 2. The number of anilines is 1. The fraction of sp³-hybridized carbons (Fsp3) is 0.143. The van der Waals surface area contributed by atoms with E-state index in [1.807, 2.05) is 25.1 Å². The van der Waals surface area contributed by atoms with Crippen LogP contribution in [0.4, 0.5) is 5.00 Å². The first-order valence-electron chi connectivity index (χ1n) is 8.84. The van der Waals surface area contributed by atoms with E-state index in [9.17, 15) is 9.59 Å². The van der Waals surface area contributed by atoms with Crippen LogP contribution in [0, 0.1) is 6.92 Å². The van der Waals surface area contributed by atoms with Crippen molar-refractivity contribution >= 4 is 34.2 Å². The van der Waals surface area contributed by atoms with Crippen molar-refractivity contribution in [1.29, 1.82) is 0 Å². The molecule has 0 fully saturated rings. The third-order valence-corrected chi connectivity index (χ3v) is 5.68. The Kier molecular flexibility index (Phi) is 5.09. The van der Waals surface area contributed by atoms with Crippen LogP contribution in [-0.4, -0.2) is 18.6 Å². The van der Waals surface area contributed by atoms with Crippen molar-refractivity contribution in [2.45, 2.75) is 13.3 Å². The van der Waals surface area contributed by atoms with Crippen molar-refractivity contribution in [3.63, 3.8) is 0 Å². The van der Waals surface area contributed by atoms with Crippen LogP contribution in [0.1, 0.15) is 32.1 Å². The molecule has 0 aliphatic carbocycles. The molecule has 3 heterocycles. The number of rotatable bonds is 6. The number of ether oxygens (including phenoxy) is 2. The number of amides is 2. The summed E-state index contributed by atoms with van der Waals surface area (Å²) in [6, 6.07) is 9.18. The average Bonchev–Trinajstić information content (AvgIpc) is 3.41. The van der Waals surface area contributed by atoms with E-state index in [1.165, 1.54) is 23.7 Å². The first-order valence-corrected chi connectivity index (χ1v) is 9.66. The third kappa shape index (κ3) is 4.02. The van der Waals surface area contributed by atoms with Gasteiger partial charge in [-0.05, 0) is 48.4 Å². The fourth-order valence-electron chi connectivity index (χ4n) is 3.05. The molecule has 0 atom stereocenters. The summed E-state index contributed by atoms with van der Waals surface area (Å²) >= 11 is 1.33. The van der Waals surface area contributed by atoms with E-state index in [0.29, 0.717) is 34.2 Å². The van der Waals surface area contributed by atoms with Crippen LogP contribution in [0.15, 0.2) is 47.1 Å². The lowest BCUT2D eigenvalue weighted by molar-refractivity contribution is -0.111. The summed E-state index contributed by atoms with van der Waals surface area (Å²) in [5, 5.41) is 3.18. The molecular weight excluding hydrogens is 392 g/mol. The SMILES string of the molecule is Cc1c(Cc2ccc3c(c2)OCO3)sc(NC(=O)/C=C/c2ccco2)c1C(N)=O. The van der Waals surface area contributed by atoms with Gasteiger partial charge >= 0.3 is 0 Å². The first kappa shape index (κ1) is 18.8. The van der Waals surface area contributed by atoms with Crippen molar-refractivity contribution in [2.75, 3.05) is 12.1 Å². The molecule has 2 amide bonds. The standard InChI is InChI=1S/C21H18N2O5S/c1-12-17(10-13-4-6-15-16(9-13)28-11-27-15)29-21(19(12)20(22)25)23-18(24)7-5-14-3-2-8-26-14/h2-9H,10-11H2,1H3,(H2,22,25)(H,23,24)/b7-5+. The highest BCUT2D eigenvalue weighted by atomic mass is 32.1. The number of fused-ring (bicyclic) bond motifs is 1. The Morgan fingerprint density at radius 3 is 2.83 bits per heavy atom. The van der Waals surface area contributed by atoms with Crippen LogP contribution in [0.3, 0.4) is 0 Å². The van der Waals surface area contributed by atoms with E-state index in [4.69, 9.17) is 19.6 Å². The second-order valence-electron chi connectivity index (χ2n) is 6.42. The predicted octanol–water partition coefficient (Wildman–Crippen LogP) is 3.72. The molecule has 7 nitrogen and oxygen atoms in total. The van der Waals surface area contributed by atoms with E-state index in [2.05, 4.69) is 5.32 Å². The van der Waals surface area contributed by atoms with Crippen molar-refractivity contribution in [1.82, 2.24) is 0 Å².